The first-order chi connectivity index (χ1) is 8.35. The molecule has 5 nitrogen and oxygen atoms in total. The average molecular weight is 249 g/mol. The zero-order valence-corrected chi connectivity index (χ0v) is 11.8. The highest BCUT2D eigenvalue weighted by atomic mass is 15.3. The van der Waals surface area contributed by atoms with E-state index in [2.05, 4.69) is 48.4 Å². The van der Waals surface area contributed by atoms with Gasteiger partial charge in [0.15, 0.2) is 0 Å². The molecule has 0 aromatic carbocycles. The molecule has 4 N–H and O–H groups in total. The molecule has 0 aliphatic heterocycles. The Morgan fingerprint density at radius 3 is 2.28 bits per heavy atom. The highest BCUT2D eigenvalue weighted by molar-refractivity contribution is 5.58. The second-order valence-electron chi connectivity index (χ2n) is 6.09. The van der Waals surface area contributed by atoms with Gasteiger partial charge in [0, 0.05) is 17.5 Å². The summed E-state index contributed by atoms with van der Waals surface area (Å²) in [6.45, 7) is 10.7. The van der Waals surface area contributed by atoms with Crippen LogP contribution in [0.2, 0.25) is 0 Å². The quantitative estimate of drug-likeness (QED) is 0.564. The molecule has 1 aliphatic carbocycles. The molecule has 1 aromatic heterocycles. The molecule has 1 aromatic rings. The Hall–Kier alpha value is -1.36. The van der Waals surface area contributed by atoms with Gasteiger partial charge in [-0.3, -0.25) is 0 Å². The number of anilines is 2. The van der Waals surface area contributed by atoms with Crippen molar-refractivity contribution < 1.29 is 0 Å². The molecular weight excluding hydrogens is 226 g/mol. The molecule has 1 atom stereocenters. The highest BCUT2D eigenvalue weighted by Gasteiger charge is 2.46. The van der Waals surface area contributed by atoms with Gasteiger partial charge in [0.2, 0.25) is 0 Å². The van der Waals surface area contributed by atoms with Crippen LogP contribution < -0.4 is 16.6 Å². The number of hydrazine groups is 1. The van der Waals surface area contributed by atoms with Crippen molar-refractivity contribution in [2.45, 2.75) is 53.0 Å². The minimum absolute atomic E-state index is 0.283. The number of hydrogen-bond donors (Lipinski definition) is 3. The minimum Gasteiger partial charge on any atom is -0.366 e. The van der Waals surface area contributed by atoms with Gasteiger partial charge in [0.05, 0.1) is 0 Å². The maximum atomic E-state index is 5.52. The molecule has 0 radical (unpaired) electrons. The Morgan fingerprint density at radius 2 is 1.83 bits per heavy atom. The van der Waals surface area contributed by atoms with Gasteiger partial charge in [-0.15, -0.1) is 0 Å². The smallest absolute Gasteiger partial charge is 0.148 e. The third kappa shape index (κ3) is 2.41. The van der Waals surface area contributed by atoms with Crippen molar-refractivity contribution in [3.05, 3.63) is 11.4 Å². The largest absolute Gasteiger partial charge is 0.366 e. The van der Waals surface area contributed by atoms with Crippen molar-refractivity contribution in [2.24, 2.45) is 11.3 Å². The molecule has 1 heterocycles. The monoisotopic (exact) mass is 249 g/mol. The lowest BCUT2D eigenvalue weighted by Gasteiger charge is -2.15. The van der Waals surface area contributed by atoms with Crippen LogP contribution in [0.1, 0.15) is 51.4 Å². The van der Waals surface area contributed by atoms with E-state index < -0.39 is 0 Å². The van der Waals surface area contributed by atoms with Crippen molar-refractivity contribution in [1.82, 2.24) is 9.97 Å². The summed E-state index contributed by atoms with van der Waals surface area (Å²) >= 11 is 0. The molecule has 0 amide bonds. The first-order valence-corrected chi connectivity index (χ1v) is 6.47. The first kappa shape index (κ1) is 13.1. The Labute approximate surface area is 109 Å². The van der Waals surface area contributed by atoms with Gasteiger partial charge in [-0.2, -0.15) is 0 Å². The van der Waals surface area contributed by atoms with Gasteiger partial charge in [-0.05, 0) is 18.8 Å². The van der Waals surface area contributed by atoms with E-state index in [0.29, 0.717) is 17.3 Å². The fraction of sp³-hybridized carbons (Fsp3) is 0.692. The molecule has 1 unspecified atom stereocenters. The van der Waals surface area contributed by atoms with Gasteiger partial charge in [0.25, 0.3) is 0 Å². The molecule has 18 heavy (non-hydrogen) atoms. The van der Waals surface area contributed by atoms with E-state index in [4.69, 9.17) is 5.84 Å². The molecule has 100 valence electrons. The molecule has 1 saturated carbocycles. The van der Waals surface area contributed by atoms with E-state index in [0.717, 1.165) is 17.2 Å². The van der Waals surface area contributed by atoms with E-state index in [1.807, 2.05) is 6.92 Å². The van der Waals surface area contributed by atoms with E-state index in [-0.39, 0.29) is 5.92 Å². The van der Waals surface area contributed by atoms with Gasteiger partial charge in [-0.1, -0.05) is 27.7 Å². The van der Waals surface area contributed by atoms with Crippen molar-refractivity contribution in [3.63, 3.8) is 0 Å². The maximum Gasteiger partial charge on any atom is 0.148 e. The van der Waals surface area contributed by atoms with Gasteiger partial charge in [-0.25, -0.2) is 15.8 Å². The molecular formula is C13H23N5. The molecule has 0 spiro atoms. The zero-order chi connectivity index (χ0) is 13.5. The van der Waals surface area contributed by atoms with Gasteiger partial charge < -0.3 is 10.7 Å². The summed E-state index contributed by atoms with van der Waals surface area (Å²) in [5.74, 6) is 8.22. The summed E-state index contributed by atoms with van der Waals surface area (Å²) in [4.78, 5) is 9.04. The Bertz CT molecular complexity index is 453. The predicted octanol–water partition coefficient (Wildman–Crippen LogP) is 2.40. The van der Waals surface area contributed by atoms with Crippen LogP contribution in [-0.2, 0) is 0 Å². The van der Waals surface area contributed by atoms with Crippen LogP contribution in [0.15, 0.2) is 0 Å². The average Bonchev–Trinajstić information content (AvgIpc) is 2.88. The van der Waals surface area contributed by atoms with Crippen LogP contribution in [0.3, 0.4) is 0 Å². The number of nitrogens with one attached hydrogen (secondary N) is 2. The number of nitrogens with zero attached hydrogens (tertiary/aromatic N) is 2. The summed E-state index contributed by atoms with van der Waals surface area (Å²) in [5.41, 5.74) is 4.00. The van der Waals surface area contributed by atoms with E-state index in [9.17, 15) is 0 Å². The topological polar surface area (TPSA) is 75.9 Å². The van der Waals surface area contributed by atoms with Crippen LogP contribution >= 0.6 is 0 Å². The summed E-state index contributed by atoms with van der Waals surface area (Å²) in [6, 6.07) is 0.497. The molecule has 1 fully saturated rings. The zero-order valence-electron chi connectivity index (χ0n) is 11.8. The number of hydrogen-bond acceptors (Lipinski definition) is 5. The Balaban J connectivity index is 2.30. The molecule has 0 saturated heterocycles. The second kappa shape index (κ2) is 4.39. The van der Waals surface area contributed by atoms with Crippen LogP contribution in [0, 0.1) is 12.3 Å². The normalized spacial score (nSPS) is 20.9. The van der Waals surface area contributed by atoms with Crippen molar-refractivity contribution >= 4 is 11.6 Å². The van der Waals surface area contributed by atoms with Crippen molar-refractivity contribution in [3.8, 4) is 0 Å². The Kier molecular flexibility index (Phi) is 3.19. The first-order valence-electron chi connectivity index (χ1n) is 6.47. The van der Waals surface area contributed by atoms with Gasteiger partial charge in [0.1, 0.15) is 17.5 Å². The van der Waals surface area contributed by atoms with Crippen LogP contribution in [0.4, 0.5) is 11.6 Å². The molecule has 0 bridgehead atoms. The fourth-order valence-electron chi connectivity index (χ4n) is 1.95. The fourth-order valence-corrected chi connectivity index (χ4v) is 1.95. The van der Waals surface area contributed by atoms with Crippen molar-refractivity contribution in [1.29, 1.82) is 0 Å². The Morgan fingerprint density at radius 1 is 1.28 bits per heavy atom. The van der Waals surface area contributed by atoms with E-state index in [1.54, 1.807) is 0 Å². The summed E-state index contributed by atoms with van der Waals surface area (Å²) < 4.78 is 0. The summed E-state index contributed by atoms with van der Waals surface area (Å²) in [7, 11) is 0. The number of nitrogen functional groups attached to an aromatic ring is 1. The van der Waals surface area contributed by atoms with E-state index >= 15 is 0 Å². The molecule has 2 rings (SSSR count). The van der Waals surface area contributed by atoms with Crippen LogP contribution in [0.5, 0.6) is 0 Å². The SMILES string of the molecule is Cc1c(NN)nc(C(C)C)nc1NC1CC1(C)C. The van der Waals surface area contributed by atoms with Gasteiger partial charge >= 0.3 is 0 Å². The standard InChI is InChI=1S/C13H23N5/c1-7(2)10-16-11(8(3)12(17-10)18-14)15-9-6-13(9,4)5/h7,9H,6,14H2,1-5H3,(H2,15,16,17,18). The predicted molar refractivity (Wildman–Crippen MR) is 74.5 cm³/mol. The number of aromatic nitrogens is 2. The lowest BCUT2D eigenvalue weighted by Crippen LogP contribution is -2.17. The summed E-state index contributed by atoms with van der Waals surface area (Å²) in [6.07, 6.45) is 1.18. The lowest BCUT2D eigenvalue weighted by atomic mass is 10.2. The number of nitrogens with two attached hydrogens (primary N) is 1. The van der Waals surface area contributed by atoms with Crippen LogP contribution in [-0.4, -0.2) is 16.0 Å². The molecule has 5 heteroatoms. The van der Waals surface area contributed by atoms with Crippen LogP contribution in [0.25, 0.3) is 0 Å². The highest BCUT2D eigenvalue weighted by Crippen LogP contribution is 2.46. The van der Waals surface area contributed by atoms with E-state index in [1.165, 1.54) is 6.42 Å². The summed E-state index contributed by atoms with van der Waals surface area (Å²) in [5, 5.41) is 3.50. The number of rotatable bonds is 4. The third-order valence-electron chi connectivity index (χ3n) is 3.64. The maximum absolute atomic E-state index is 5.52. The second-order valence-corrected chi connectivity index (χ2v) is 6.09. The van der Waals surface area contributed by atoms with Crippen molar-refractivity contribution in [2.75, 3.05) is 10.7 Å². The third-order valence-corrected chi connectivity index (χ3v) is 3.64. The lowest BCUT2D eigenvalue weighted by molar-refractivity contribution is 0.629. The minimum atomic E-state index is 0.283. The molecule has 1 aliphatic rings.